The van der Waals surface area contributed by atoms with Crippen LogP contribution in [0, 0.1) is 0 Å². The monoisotopic (exact) mass is 454 g/mol. The zero-order valence-corrected chi connectivity index (χ0v) is 18.5. The molecule has 3 aromatic rings. The second kappa shape index (κ2) is 7.98. The zero-order chi connectivity index (χ0) is 21.5. The van der Waals surface area contributed by atoms with E-state index in [1.165, 1.54) is 0 Å². The lowest BCUT2D eigenvalue weighted by atomic mass is 9.96. The largest absolute Gasteiger partial charge is 0.497 e. The van der Waals surface area contributed by atoms with Crippen molar-refractivity contribution in [2.45, 2.75) is 18.7 Å². The van der Waals surface area contributed by atoms with Crippen molar-refractivity contribution < 1.29 is 14.2 Å². The summed E-state index contributed by atoms with van der Waals surface area (Å²) in [6.45, 7) is 0. The van der Waals surface area contributed by atoms with Crippen molar-refractivity contribution in [2.24, 2.45) is 5.10 Å². The highest BCUT2D eigenvalue weighted by atomic mass is 35.5. The summed E-state index contributed by atoms with van der Waals surface area (Å²) >= 11 is 12.4. The first-order valence-electron chi connectivity index (χ1n) is 9.87. The summed E-state index contributed by atoms with van der Waals surface area (Å²) < 4.78 is 17.5. The smallest absolute Gasteiger partial charge is 0.217 e. The second-order valence-corrected chi connectivity index (χ2v) is 8.29. The zero-order valence-electron chi connectivity index (χ0n) is 17.0. The van der Waals surface area contributed by atoms with Crippen LogP contribution >= 0.6 is 23.2 Å². The molecular weight excluding hydrogens is 435 g/mol. The van der Waals surface area contributed by atoms with Crippen molar-refractivity contribution in [1.29, 1.82) is 0 Å². The fraction of sp³-hybridized carbons (Fsp3) is 0.208. The van der Waals surface area contributed by atoms with E-state index in [-0.39, 0.29) is 6.04 Å². The number of benzene rings is 3. The van der Waals surface area contributed by atoms with E-state index in [4.69, 9.17) is 42.5 Å². The molecule has 0 unspecified atom stereocenters. The molecular formula is C24H20Cl2N2O3. The van der Waals surface area contributed by atoms with Crippen molar-refractivity contribution in [1.82, 2.24) is 5.01 Å². The van der Waals surface area contributed by atoms with Crippen LogP contribution < -0.4 is 14.2 Å². The predicted octanol–water partition coefficient (Wildman–Crippen LogP) is 6.25. The fourth-order valence-corrected chi connectivity index (χ4v) is 4.42. The molecule has 158 valence electrons. The van der Waals surface area contributed by atoms with E-state index in [1.54, 1.807) is 14.2 Å². The van der Waals surface area contributed by atoms with Gasteiger partial charge < -0.3 is 14.2 Å². The molecule has 31 heavy (non-hydrogen) atoms. The van der Waals surface area contributed by atoms with Crippen LogP contribution in [0.25, 0.3) is 0 Å². The van der Waals surface area contributed by atoms with E-state index < -0.39 is 6.23 Å². The Morgan fingerprint density at radius 1 is 0.903 bits per heavy atom. The van der Waals surface area contributed by atoms with E-state index in [0.29, 0.717) is 15.8 Å². The summed E-state index contributed by atoms with van der Waals surface area (Å²) in [7, 11) is 3.28. The van der Waals surface area contributed by atoms with Crippen LogP contribution in [0.4, 0.5) is 0 Å². The molecule has 0 radical (unpaired) electrons. The van der Waals surface area contributed by atoms with Gasteiger partial charge in [-0.1, -0.05) is 35.3 Å². The molecule has 0 amide bonds. The number of halogens is 2. The predicted molar refractivity (Wildman–Crippen MR) is 122 cm³/mol. The van der Waals surface area contributed by atoms with Crippen molar-refractivity contribution >= 4 is 28.9 Å². The number of hydrazone groups is 1. The Hall–Kier alpha value is -2.89. The SMILES string of the molecule is COc1ccc(OC)c([C@@H]2Oc3ccc(Cl)cc3[C@H]3CC(c4ccc(Cl)cc4)=NN32)c1. The molecule has 5 nitrogen and oxygen atoms in total. The quantitative estimate of drug-likeness (QED) is 0.466. The normalized spacial score (nSPS) is 19.2. The molecule has 5 rings (SSSR count). The minimum absolute atomic E-state index is 0.0194. The highest BCUT2D eigenvalue weighted by Crippen LogP contribution is 2.49. The third kappa shape index (κ3) is 3.58. The lowest BCUT2D eigenvalue weighted by Gasteiger charge is -2.38. The highest BCUT2D eigenvalue weighted by Gasteiger charge is 2.42. The van der Waals surface area contributed by atoms with Crippen molar-refractivity contribution in [2.75, 3.05) is 14.2 Å². The molecule has 2 aliphatic rings. The maximum atomic E-state index is 6.44. The third-order valence-electron chi connectivity index (χ3n) is 5.63. The lowest BCUT2D eigenvalue weighted by molar-refractivity contribution is -0.0204. The van der Waals surface area contributed by atoms with E-state index in [0.717, 1.165) is 40.3 Å². The Morgan fingerprint density at radius 2 is 1.68 bits per heavy atom. The number of methoxy groups -OCH3 is 2. The number of fused-ring (bicyclic) bond motifs is 3. The van der Waals surface area contributed by atoms with Gasteiger partial charge in [0, 0.05) is 22.0 Å². The molecule has 2 heterocycles. The van der Waals surface area contributed by atoms with E-state index in [2.05, 4.69) is 0 Å². The van der Waals surface area contributed by atoms with Gasteiger partial charge >= 0.3 is 0 Å². The maximum absolute atomic E-state index is 6.44. The first-order valence-corrected chi connectivity index (χ1v) is 10.6. The van der Waals surface area contributed by atoms with Gasteiger partial charge in [0.1, 0.15) is 17.2 Å². The number of hydrogen-bond donors (Lipinski definition) is 0. The van der Waals surface area contributed by atoms with Crippen LogP contribution in [0.15, 0.2) is 65.8 Å². The molecule has 7 heteroatoms. The number of ether oxygens (including phenoxy) is 3. The van der Waals surface area contributed by atoms with Gasteiger partial charge in [-0.15, -0.1) is 0 Å². The summed E-state index contributed by atoms with van der Waals surface area (Å²) in [5.74, 6) is 2.21. The summed E-state index contributed by atoms with van der Waals surface area (Å²) in [4.78, 5) is 0. The Bertz CT molecular complexity index is 1160. The van der Waals surface area contributed by atoms with Gasteiger partial charge in [0.2, 0.25) is 6.23 Å². The first kappa shape index (κ1) is 20.0. The van der Waals surface area contributed by atoms with Crippen LogP contribution in [0.5, 0.6) is 17.2 Å². The molecule has 3 aromatic carbocycles. The van der Waals surface area contributed by atoms with Crippen molar-refractivity contribution in [3.8, 4) is 17.2 Å². The summed E-state index contributed by atoms with van der Waals surface area (Å²) in [6, 6.07) is 19.1. The van der Waals surface area contributed by atoms with E-state index in [1.807, 2.05) is 65.7 Å². The molecule has 0 N–H and O–H groups in total. The highest BCUT2D eigenvalue weighted by molar-refractivity contribution is 6.31. The molecule has 0 aromatic heterocycles. The van der Waals surface area contributed by atoms with Crippen molar-refractivity contribution in [3.05, 3.63) is 87.4 Å². The fourth-order valence-electron chi connectivity index (χ4n) is 4.11. The Morgan fingerprint density at radius 3 is 2.42 bits per heavy atom. The van der Waals surface area contributed by atoms with Gasteiger partial charge in [-0.2, -0.15) is 5.10 Å². The molecule has 0 bridgehead atoms. The standard InChI is InChI=1S/C24H20Cl2N2O3/c1-29-17-8-10-22(30-2)19(12-17)24-28-21(18-11-16(26)7-9-23(18)31-24)13-20(27-28)14-3-5-15(25)6-4-14/h3-12,21,24H,13H2,1-2H3/t21-,24+/m1/s1. The molecule has 2 atom stereocenters. The van der Waals surface area contributed by atoms with Crippen LogP contribution in [-0.2, 0) is 0 Å². The molecule has 0 saturated carbocycles. The van der Waals surface area contributed by atoms with Gasteiger partial charge in [-0.25, -0.2) is 5.01 Å². The minimum atomic E-state index is -0.478. The molecule has 0 aliphatic carbocycles. The molecule has 0 spiro atoms. The van der Waals surface area contributed by atoms with Crippen molar-refractivity contribution in [3.63, 3.8) is 0 Å². The summed E-state index contributed by atoms with van der Waals surface area (Å²) in [6.07, 6.45) is 0.245. The van der Waals surface area contributed by atoms with Crippen LogP contribution in [0.1, 0.15) is 35.4 Å². The third-order valence-corrected chi connectivity index (χ3v) is 6.12. The number of hydrogen-bond acceptors (Lipinski definition) is 5. The van der Waals surface area contributed by atoms with Crippen LogP contribution in [-0.4, -0.2) is 24.9 Å². The van der Waals surface area contributed by atoms with Gasteiger partial charge in [0.05, 0.1) is 31.5 Å². The van der Waals surface area contributed by atoms with Gasteiger partial charge in [0.25, 0.3) is 0 Å². The summed E-state index contributed by atoms with van der Waals surface area (Å²) in [5.41, 5.74) is 3.84. The maximum Gasteiger partial charge on any atom is 0.217 e. The van der Waals surface area contributed by atoms with Gasteiger partial charge in [0.15, 0.2) is 0 Å². The topological polar surface area (TPSA) is 43.3 Å². The Labute approximate surface area is 190 Å². The lowest BCUT2D eigenvalue weighted by Crippen LogP contribution is -2.34. The van der Waals surface area contributed by atoms with Gasteiger partial charge in [-0.05, 0) is 54.1 Å². The Kier molecular flexibility index (Phi) is 5.16. The van der Waals surface area contributed by atoms with Crippen LogP contribution in [0.3, 0.4) is 0 Å². The second-order valence-electron chi connectivity index (χ2n) is 7.41. The average molecular weight is 455 g/mol. The van der Waals surface area contributed by atoms with E-state index >= 15 is 0 Å². The van der Waals surface area contributed by atoms with Gasteiger partial charge in [-0.3, -0.25) is 0 Å². The summed E-state index contributed by atoms with van der Waals surface area (Å²) in [5, 5.41) is 8.32. The first-order chi connectivity index (χ1) is 15.1. The average Bonchev–Trinajstić information content (AvgIpc) is 3.24. The number of nitrogens with zero attached hydrogens (tertiary/aromatic N) is 2. The Balaban J connectivity index is 1.63. The number of rotatable bonds is 4. The molecule has 0 saturated heterocycles. The molecule has 2 aliphatic heterocycles. The molecule has 0 fully saturated rings. The van der Waals surface area contributed by atoms with Crippen LogP contribution in [0.2, 0.25) is 10.0 Å². The minimum Gasteiger partial charge on any atom is -0.497 e. The van der Waals surface area contributed by atoms with E-state index in [9.17, 15) is 0 Å².